The minimum atomic E-state index is -1.30. The lowest BCUT2D eigenvalue weighted by molar-refractivity contribution is -0.143. The van der Waals surface area contributed by atoms with E-state index in [4.69, 9.17) is 11.5 Å². The van der Waals surface area contributed by atoms with Gasteiger partial charge in [-0.25, -0.2) is 4.79 Å². The molecular formula is C15H22N4O4. The molecule has 0 aliphatic heterocycles. The number of aliphatic imine (C=N–C) groups is 1. The van der Waals surface area contributed by atoms with Gasteiger partial charge in [-0.1, -0.05) is 30.3 Å². The Morgan fingerprint density at radius 1 is 1.22 bits per heavy atom. The van der Waals surface area contributed by atoms with Crippen LogP contribution < -0.4 is 16.8 Å². The molecule has 0 unspecified atom stereocenters. The quantitative estimate of drug-likeness (QED) is 0.228. The number of nitrogens with two attached hydrogens (primary N) is 2. The van der Waals surface area contributed by atoms with Gasteiger partial charge in [-0.2, -0.15) is 0 Å². The van der Waals surface area contributed by atoms with Crippen LogP contribution in [0.25, 0.3) is 0 Å². The lowest BCUT2D eigenvalue weighted by atomic mass is 10.1. The van der Waals surface area contributed by atoms with E-state index in [1.54, 1.807) is 24.3 Å². The fraction of sp³-hybridized carbons (Fsp3) is 0.400. The highest BCUT2D eigenvalue weighted by Crippen LogP contribution is 2.05. The van der Waals surface area contributed by atoms with Crippen LogP contribution in [-0.4, -0.2) is 46.7 Å². The summed E-state index contributed by atoms with van der Waals surface area (Å²) >= 11 is 0. The van der Waals surface area contributed by atoms with Gasteiger partial charge in [0, 0.05) is 13.0 Å². The first-order valence-electron chi connectivity index (χ1n) is 7.20. The molecule has 0 saturated carbocycles. The third kappa shape index (κ3) is 7.28. The van der Waals surface area contributed by atoms with E-state index in [0.717, 1.165) is 5.56 Å². The summed E-state index contributed by atoms with van der Waals surface area (Å²) in [7, 11) is 0. The normalized spacial score (nSPS) is 12.9. The second kappa shape index (κ2) is 9.42. The highest BCUT2D eigenvalue weighted by atomic mass is 16.4. The number of benzene rings is 1. The predicted octanol–water partition coefficient (Wildman–Crippen LogP) is -0.787. The van der Waals surface area contributed by atoms with Gasteiger partial charge in [0.1, 0.15) is 12.1 Å². The lowest BCUT2D eigenvalue weighted by Crippen LogP contribution is -2.46. The van der Waals surface area contributed by atoms with Gasteiger partial charge in [0.15, 0.2) is 5.96 Å². The van der Waals surface area contributed by atoms with E-state index >= 15 is 0 Å². The molecule has 0 aliphatic carbocycles. The van der Waals surface area contributed by atoms with Gasteiger partial charge in [0.25, 0.3) is 0 Å². The van der Waals surface area contributed by atoms with Crippen LogP contribution in [0.4, 0.5) is 0 Å². The number of nitrogens with one attached hydrogen (secondary N) is 1. The van der Waals surface area contributed by atoms with Gasteiger partial charge < -0.3 is 27.0 Å². The lowest BCUT2D eigenvalue weighted by Gasteiger charge is -2.17. The summed E-state index contributed by atoms with van der Waals surface area (Å²) in [6, 6.07) is 7.83. The van der Waals surface area contributed by atoms with E-state index in [9.17, 15) is 19.8 Å². The number of carboxylic acids is 1. The molecule has 0 bridgehead atoms. The number of nitrogens with zero attached hydrogens (tertiary/aromatic N) is 1. The van der Waals surface area contributed by atoms with Crippen molar-refractivity contribution in [1.82, 2.24) is 5.32 Å². The largest absolute Gasteiger partial charge is 0.480 e. The summed E-state index contributed by atoms with van der Waals surface area (Å²) in [5.74, 6) is -1.94. The van der Waals surface area contributed by atoms with Crippen LogP contribution in [0.5, 0.6) is 0 Å². The maximum atomic E-state index is 11.9. The minimum Gasteiger partial charge on any atom is -0.480 e. The van der Waals surface area contributed by atoms with Gasteiger partial charge in [-0.05, 0) is 18.4 Å². The molecule has 23 heavy (non-hydrogen) atoms. The van der Waals surface area contributed by atoms with E-state index < -0.39 is 24.0 Å². The van der Waals surface area contributed by atoms with Crippen LogP contribution in [0.2, 0.25) is 0 Å². The van der Waals surface area contributed by atoms with Crippen molar-refractivity contribution < 1.29 is 19.8 Å². The molecule has 7 N–H and O–H groups in total. The third-order valence-corrected chi connectivity index (χ3v) is 3.13. The second-order valence-corrected chi connectivity index (χ2v) is 5.05. The number of aliphatic hydroxyl groups is 1. The van der Waals surface area contributed by atoms with Crippen molar-refractivity contribution in [1.29, 1.82) is 0 Å². The number of amides is 1. The molecule has 0 saturated heterocycles. The smallest absolute Gasteiger partial charge is 0.326 e. The molecule has 0 spiro atoms. The van der Waals surface area contributed by atoms with Gasteiger partial charge >= 0.3 is 5.97 Å². The monoisotopic (exact) mass is 322 g/mol. The molecule has 0 aromatic heterocycles. The van der Waals surface area contributed by atoms with E-state index in [-0.39, 0.29) is 18.8 Å². The Kier molecular flexibility index (Phi) is 7.55. The molecular weight excluding hydrogens is 300 g/mol. The number of hydrogen-bond acceptors (Lipinski definition) is 4. The summed E-state index contributed by atoms with van der Waals surface area (Å²) in [4.78, 5) is 26.9. The summed E-state index contributed by atoms with van der Waals surface area (Å²) < 4.78 is 0. The molecule has 0 aliphatic rings. The highest BCUT2D eigenvalue weighted by Gasteiger charge is 2.23. The van der Waals surface area contributed by atoms with Gasteiger partial charge in [-0.3, -0.25) is 9.79 Å². The van der Waals surface area contributed by atoms with Gasteiger partial charge in [0.2, 0.25) is 5.91 Å². The van der Waals surface area contributed by atoms with Gasteiger partial charge in [-0.15, -0.1) is 0 Å². The topological polar surface area (TPSA) is 151 Å². The van der Waals surface area contributed by atoms with Crippen LogP contribution in [0.3, 0.4) is 0 Å². The first-order chi connectivity index (χ1) is 10.9. The first kappa shape index (κ1) is 18.4. The van der Waals surface area contributed by atoms with E-state index in [1.165, 1.54) is 0 Å². The number of carbonyl (C=O) groups excluding carboxylic acids is 1. The molecule has 8 nitrogen and oxygen atoms in total. The van der Waals surface area contributed by atoms with Crippen molar-refractivity contribution in [2.45, 2.75) is 31.4 Å². The molecule has 0 radical (unpaired) electrons. The van der Waals surface area contributed by atoms with Crippen molar-refractivity contribution in [3.8, 4) is 0 Å². The number of carboxylic acid groups (broad SMARTS) is 1. The SMILES string of the molecule is NC(N)=NCCC[C@H](O)C(=O)N[C@@H](Cc1ccccc1)C(=O)O. The number of carbonyl (C=O) groups is 2. The average molecular weight is 322 g/mol. The van der Waals surface area contributed by atoms with Crippen LogP contribution in [0.15, 0.2) is 35.3 Å². The number of aliphatic hydroxyl groups excluding tert-OH is 1. The predicted molar refractivity (Wildman–Crippen MR) is 85.6 cm³/mol. The fourth-order valence-electron chi connectivity index (χ4n) is 1.94. The molecule has 1 aromatic rings. The van der Waals surface area contributed by atoms with Crippen molar-refractivity contribution in [2.75, 3.05) is 6.54 Å². The number of rotatable bonds is 9. The van der Waals surface area contributed by atoms with E-state index in [1.807, 2.05) is 6.07 Å². The highest BCUT2D eigenvalue weighted by molar-refractivity contribution is 5.86. The minimum absolute atomic E-state index is 0.0576. The van der Waals surface area contributed by atoms with Crippen molar-refractivity contribution in [2.24, 2.45) is 16.5 Å². The summed E-state index contributed by atoms with van der Waals surface area (Å²) in [5.41, 5.74) is 11.1. The third-order valence-electron chi connectivity index (χ3n) is 3.13. The molecule has 1 amide bonds. The Labute approximate surface area is 134 Å². The van der Waals surface area contributed by atoms with Crippen LogP contribution >= 0.6 is 0 Å². The molecule has 2 atom stereocenters. The van der Waals surface area contributed by atoms with Crippen molar-refractivity contribution in [3.05, 3.63) is 35.9 Å². The Morgan fingerprint density at radius 2 is 1.87 bits per heavy atom. The molecule has 1 rings (SSSR count). The van der Waals surface area contributed by atoms with Gasteiger partial charge in [0.05, 0.1) is 0 Å². The van der Waals surface area contributed by atoms with E-state index in [0.29, 0.717) is 13.0 Å². The molecule has 0 heterocycles. The Hall–Kier alpha value is -2.61. The maximum absolute atomic E-state index is 11.9. The van der Waals surface area contributed by atoms with Crippen LogP contribution in [-0.2, 0) is 16.0 Å². The first-order valence-corrected chi connectivity index (χ1v) is 7.20. The van der Waals surface area contributed by atoms with Crippen LogP contribution in [0.1, 0.15) is 18.4 Å². The zero-order chi connectivity index (χ0) is 17.2. The Morgan fingerprint density at radius 3 is 2.43 bits per heavy atom. The number of guanidine groups is 1. The standard InChI is InChI=1S/C15H22N4O4/c16-15(17)18-8-4-7-12(20)13(21)19-11(14(22)23)9-10-5-2-1-3-6-10/h1-3,5-6,11-12,20H,4,7-9H2,(H,19,21)(H,22,23)(H4,16,17,18)/t11-,12-/m0/s1. The molecule has 1 aromatic carbocycles. The summed E-state index contributed by atoms with van der Waals surface area (Å²) in [5, 5.41) is 21.3. The summed E-state index contributed by atoms with van der Waals surface area (Å²) in [6.45, 7) is 0.291. The van der Waals surface area contributed by atoms with Crippen LogP contribution in [0, 0.1) is 0 Å². The van der Waals surface area contributed by atoms with Crippen molar-refractivity contribution in [3.63, 3.8) is 0 Å². The zero-order valence-corrected chi connectivity index (χ0v) is 12.7. The number of hydrogen-bond donors (Lipinski definition) is 5. The molecule has 8 heteroatoms. The maximum Gasteiger partial charge on any atom is 0.326 e. The summed E-state index contributed by atoms with van der Waals surface area (Å²) in [6.07, 6.45) is -0.618. The second-order valence-electron chi connectivity index (χ2n) is 5.05. The zero-order valence-electron chi connectivity index (χ0n) is 12.7. The van der Waals surface area contributed by atoms with Crippen molar-refractivity contribution >= 4 is 17.8 Å². The van der Waals surface area contributed by atoms with E-state index in [2.05, 4.69) is 10.3 Å². The fourth-order valence-corrected chi connectivity index (χ4v) is 1.94. The average Bonchev–Trinajstić information content (AvgIpc) is 2.51. The Bertz CT molecular complexity index is 544. The molecule has 126 valence electrons. The molecule has 0 fully saturated rings. The number of aliphatic carboxylic acids is 1. The Balaban J connectivity index is 2.50.